The van der Waals surface area contributed by atoms with Crippen LogP contribution in [0.1, 0.15) is 74.2 Å². The molecule has 2 atom stereocenters. The number of ether oxygens (including phenoxy) is 3. The first-order chi connectivity index (χ1) is 19.6. The number of methoxy groups -OCH3 is 2. The number of aromatic amines is 1. The van der Waals surface area contributed by atoms with E-state index < -0.39 is 6.04 Å². The van der Waals surface area contributed by atoms with E-state index in [-0.39, 0.29) is 17.7 Å². The van der Waals surface area contributed by atoms with Crippen molar-refractivity contribution in [2.75, 3.05) is 27.4 Å². The summed E-state index contributed by atoms with van der Waals surface area (Å²) in [7, 11) is 3.18. The Balaban J connectivity index is 1.51. The fourth-order valence-corrected chi connectivity index (χ4v) is 6.13. The Bertz CT molecular complexity index is 1470. The maximum Gasteiger partial charge on any atom is 0.253 e. The van der Waals surface area contributed by atoms with Crippen LogP contribution in [0.4, 0.5) is 0 Å². The highest BCUT2D eigenvalue weighted by Crippen LogP contribution is 2.36. The van der Waals surface area contributed by atoms with E-state index in [0.717, 1.165) is 56.3 Å². The van der Waals surface area contributed by atoms with Crippen LogP contribution in [0.5, 0.6) is 11.5 Å². The minimum atomic E-state index is -0.535. The molecule has 1 aliphatic carbocycles. The van der Waals surface area contributed by atoms with Gasteiger partial charge in [0.15, 0.2) is 17.3 Å². The van der Waals surface area contributed by atoms with E-state index >= 15 is 0 Å². The Morgan fingerprint density at radius 3 is 2.65 bits per heavy atom. The number of H-pyrrole nitrogens is 1. The Kier molecular flexibility index (Phi) is 7.83. The summed E-state index contributed by atoms with van der Waals surface area (Å²) in [6.07, 6.45) is 9.21. The number of hydrogen-bond donors (Lipinski definition) is 1. The maximum atomic E-state index is 13.9. The topological polar surface area (TPSA) is 121 Å². The highest BCUT2D eigenvalue weighted by Gasteiger charge is 2.35. The van der Waals surface area contributed by atoms with Gasteiger partial charge in [-0.25, -0.2) is 4.68 Å². The molecule has 11 heteroatoms. The second-order valence-corrected chi connectivity index (χ2v) is 10.7. The van der Waals surface area contributed by atoms with Crippen LogP contribution >= 0.6 is 0 Å². The van der Waals surface area contributed by atoms with Gasteiger partial charge in [-0.15, -0.1) is 5.10 Å². The Labute approximate surface area is 232 Å². The molecule has 0 spiro atoms. The molecule has 4 heterocycles. The third-order valence-corrected chi connectivity index (χ3v) is 8.12. The van der Waals surface area contributed by atoms with Crippen molar-refractivity contribution in [3.05, 3.63) is 64.1 Å². The van der Waals surface area contributed by atoms with Gasteiger partial charge in [0.1, 0.15) is 11.8 Å². The molecule has 11 nitrogen and oxygen atoms in total. The van der Waals surface area contributed by atoms with Crippen LogP contribution in [0, 0.1) is 0 Å². The molecule has 6 rings (SSSR count). The summed E-state index contributed by atoms with van der Waals surface area (Å²) in [4.78, 5) is 19.2. The molecule has 0 radical (unpaired) electrons. The molecule has 2 aliphatic rings. The van der Waals surface area contributed by atoms with Gasteiger partial charge in [-0.1, -0.05) is 19.3 Å². The summed E-state index contributed by atoms with van der Waals surface area (Å²) < 4.78 is 24.8. The minimum absolute atomic E-state index is 0.0420. The van der Waals surface area contributed by atoms with Crippen molar-refractivity contribution in [1.29, 1.82) is 0 Å². The van der Waals surface area contributed by atoms with Crippen LogP contribution in [0.15, 0.2) is 45.8 Å². The van der Waals surface area contributed by atoms with Crippen molar-refractivity contribution in [2.24, 2.45) is 0 Å². The SMILES string of the molecule is COc1cc2cc([C@@H](c3nnnn3C3CCCCC3)N(Cc3ccco3)C[C@H]3CCCO3)c(=O)[nH]c2cc1OC. The number of fused-ring (bicyclic) bond motifs is 1. The largest absolute Gasteiger partial charge is 0.493 e. The fraction of sp³-hybridized carbons (Fsp3) is 0.517. The van der Waals surface area contributed by atoms with E-state index in [1.54, 1.807) is 26.5 Å². The number of hydrogen-bond acceptors (Lipinski definition) is 9. The zero-order valence-corrected chi connectivity index (χ0v) is 23.0. The van der Waals surface area contributed by atoms with Crippen molar-refractivity contribution in [3.8, 4) is 11.5 Å². The molecule has 0 bridgehead atoms. The lowest BCUT2D eigenvalue weighted by Gasteiger charge is -2.33. The third kappa shape index (κ3) is 5.35. The molecule has 40 heavy (non-hydrogen) atoms. The molecule has 4 aromatic rings. The average molecular weight is 549 g/mol. The number of tetrazole rings is 1. The number of furan rings is 1. The van der Waals surface area contributed by atoms with Gasteiger partial charge in [0.25, 0.3) is 5.56 Å². The third-order valence-electron chi connectivity index (χ3n) is 8.12. The number of aromatic nitrogens is 5. The molecular formula is C29H36N6O5. The zero-order valence-electron chi connectivity index (χ0n) is 23.0. The number of nitrogens with one attached hydrogen (secondary N) is 1. The van der Waals surface area contributed by atoms with E-state index in [9.17, 15) is 4.79 Å². The smallest absolute Gasteiger partial charge is 0.253 e. The molecule has 1 saturated carbocycles. The highest BCUT2D eigenvalue weighted by molar-refractivity contribution is 5.83. The molecule has 1 aromatic carbocycles. The molecule has 0 unspecified atom stereocenters. The Hall–Kier alpha value is -3.70. The number of pyridine rings is 1. The van der Waals surface area contributed by atoms with E-state index in [2.05, 4.69) is 25.4 Å². The second-order valence-electron chi connectivity index (χ2n) is 10.7. The first-order valence-electron chi connectivity index (χ1n) is 14.1. The molecule has 3 aromatic heterocycles. The molecule has 1 saturated heterocycles. The Morgan fingerprint density at radius 2 is 1.93 bits per heavy atom. The minimum Gasteiger partial charge on any atom is -0.493 e. The number of nitrogens with zero attached hydrogens (tertiary/aromatic N) is 5. The van der Waals surface area contributed by atoms with E-state index in [1.165, 1.54) is 6.42 Å². The molecular weight excluding hydrogens is 512 g/mol. The van der Waals surface area contributed by atoms with E-state index in [0.29, 0.717) is 41.5 Å². The fourth-order valence-electron chi connectivity index (χ4n) is 6.13. The van der Waals surface area contributed by atoms with Gasteiger partial charge >= 0.3 is 0 Å². The zero-order chi connectivity index (χ0) is 27.5. The summed E-state index contributed by atoms with van der Waals surface area (Å²) in [5.74, 6) is 2.59. The highest BCUT2D eigenvalue weighted by atomic mass is 16.5. The van der Waals surface area contributed by atoms with Gasteiger partial charge in [0.2, 0.25) is 0 Å². The summed E-state index contributed by atoms with van der Waals surface area (Å²) in [5.41, 5.74) is 1.00. The van der Waals surface area contributed by atoms with Crippen molar-refractivity contribution in [2.45, 2.75) is 69.7 Å². The van der Waals surface area contributed by atoms with Crippen LogP contribution in [0.2, 0.25) is 0 Å². The molecule has 1 aliphatic heterocycles. The van der Waals surface area contributed by atoms with Crippen molar-refractivity contribution in [1.82, 2.24) is 30.1 Å². The Morgan fingerprint density at radius 1 is 1.10 bits per heavy atom. The quantitative estimate of drug-likeness (QED) is 0.307. The van der Waals surface area contributed by atoms with Crippen LogP contribution in [-0.4, -0.2) is 63.6 Å². The molecule has 0 amide bonds. The maximum absolute atomic E-state index is 13.9. The van der Waals surface area contributed by atoms with Gasteiger partial charge < -0.3 is 23.6 Å². The van der Waals surface area contributed by atoms with Gasteiger partial charge in [-0.3, -0.25) is 9.69 Å². The lowest BCUT2D eigenvalue weighted by atomic mass is 9.95. The normalized spacial score (nSPS) is 18.9. The van der Waals surface area contributed by atoms with E-state index in [1.807, 2.05) is 28.9 Å². The van der Waals surface area contributed by atoms with E-state index in [4.69, 9.17) is 18.6 Å². The van der Waals surface area contributed by atoms with Gasteiger partial charge in [-0.2, -0.15) is 0 Å². The van der Waals surface area contributed by atoms with Crippen molar-refractivity contribution in [3.63, 3.8) is 0 Å². The predicted octanol–water partition coefficient (Wildman–Crippen LogP) is 4.40. The summed E-state index contributed by atoms with van der Waals surface area (Å²) in [6, 6.07) is 9.07. The van der Waals surface area contributed by atoms with Crippen LogP contribution in [0.3, 0.4) is 0 Å². The first-order valence-corrected chi connectivity index (χ1v) is 14.1. The summed E-state index contributed by atoms with van der Waals surface area (Å²) in [6.45, 7) is 1.81. The summed E-state index contributed by atoms with van der Waals surface area (Å²) >= 11 is 0. The molecule has 1 N–H and O–H groups in total. The lowest BCUT2D eigenvalue weighted by Crippen LogP contribution is -2.39. The monoisotopic (exact) mass is 548 g/mol. The standard InChI is InChI=1S/C29H36N6O5/c1-37-25-15-19-14-23(29(36)30-24(19)16-26(25)38-2)27(28-31-32-33-35(28)20-8-4-3-5-9-20)34(17-21-10-6-12-39-21)18-22-11-7-13-40-22/h6,10,12,14-16,20,22,27H,3-5,7-9,11,13,17-18H2,1-2H3,(H,30,36)/t22-,27+/m1/s1. The first kappa shape index (κ1) is 26.5. The van der Waals surface area contributed by atoms with Gasteiger partial charge in [-0.05, 0) is 60.4 Å². The lowest BCUT2D eigenvalue weighted by molar-refractivity contribution is 0.0539. The predicted molar refractivity (Wildman–Crippen MR) is 148 cm³/mol. The van der Waals surface area contributed by atoms with Crippen molar-refractivity contribution >= 4 is 10.9 Å². The average Bonchev–Trinajstić information content (AvgIpc) is 3.77. The molecule has 212 valence electrons. The van der Waals surface area contributed by atoms with Crippen molar-refractivity contribution < 1.29 is 18.6 Å². The molecule has 2 fully saturated rings. The van der Waals surface area contributed by atoms with Crippen LogP contribution in [-0.2, 0) is 11.3 Å². The van der Waals surface area contributed by atoms with Gasteiger partial charge in [0.05, 0.1) is 44.7 Å². The van der Waals surface area contributed by atoms with Crippen LogP contribution in [0.25, 0.3) is 10.9 Å². The number of benzene rings is 1. The summed E-state index contributed by atoms with van der Waals surface area (Å²) in [5, 5.41) is 14.0. The van der Waals surface area contributed by atoms with Crippen LogP contribution < -0.4 is 15.0 Å². The number of rotatable bonds is 10. The second kappa shape index (κ2) is 11.8. The van der Waals surface area contributed by atoms with Gasteiger partial charge in [0, 0.05) is 30.2 Å².